The number of piperidine rings is 1. The first-order chi connectivity index (χ1) is 11.2. The van der Waals surface area contributed by atoms with E-state index in [1.165, 1.54) is 6.33 Å². The monoisotopic (exact) mass is 315 g/mol. The Morgan fingerprint density at radius 2 is 2.22 bits per heavy atom. The van der Waals surface area contributed by atoms with Gasteiger partial charge in [0.1, 0.15) is 23.7 Å². The van der Waals surface area contributed by atoms with Crippen molar-refractivity contribution < 1.29 is 14.3 Å². The van der Waals surface area contributed by atoms with Gasteiger partial charge in [-0.1, -0.05) is 18.2 Å². The van der Waals surface area contributed by atoms with E-state index in [9.17, 15) is 4.79 Å². The summed E-state index contributed by atoms with van der Waals surface area (Å²) in [6, 6.07) is 9.65. The molecule has 1 aliphatic rings. The van der Waals surface area contributed by atoms with Crippen LogP contribution < -0.4 is 4.74 Å². The van der Waals surface area contributed by atoms with E-state index in [1.807, 2.05) is 30.3 Å². The third kappa shape index (κ3) is 3.53. The van der Waals surface area contributed by atoms with Crippen LogP contribution in [0.3, 0.4) is 0 Å². The number of para-hydroxylation sites is 1. The topological polar surface area (TPSA) is 67.5 Å². The number of rotatable bonds is 5. The lowest BCUT2D eigenvalue weighted by atomic mass is 9.93. The Bertz CT molecular complexity index is 630. The van der Waals surface area contributed by atoms with Gasteiger partial charge in [0.25, 0.3) is 5.91 Å². The number of nitrogens with zero attached hydrogens (tertiary/aromatic N) is 2. The van der Waals surface area contributed by atoms with E-state index < -0.39 is 5.60 Å². The maximum absolute atomic E-state index is 12.5. The van der Waals surface area contributed by atoms with Crippen LogP contribution in [0.15, 0.2) is 42.9 Å². The van der Waals surface area contributed by atoms with Gasteiger partial charge in [0.05, 0.1) is 19.1 Å². The number of imidazole rings is 1. The quantitative estimate of drug-likeness (QED) is 0.917. The molecule has 6 nitrogen and oxygen atoms in total. The highest BCUT2D eigenvalue weighted by atomic mass is 16.5. The van der Waals surface area contributed by atoms with Gasteiger partial charge >= 0.3 is 0 Å². The summed E-state index contributed by atoms with van der Waals surface area (Å²) in [5, 5.41) is 0. The van der Waals surface area contributed by atoms with Gasteiger partial charge in [-0.15, -0.1) is 0 Å². The van der Waals surface area contributed by atoms with E-state index in [1.54, 1.807) is 18.2 Å². The largest absolute Gasteiger partial charge is 0.491 e. The first-order valence-electron chi connectivity index (χ1n) is 7.73. The molecule has 0 unspecified atom stereocenters. The molecule has 122 valence electrons. The zero-order valence-corrected chi connectivity index (χ0v) is 13.2. The fourth-order valence-corrected chi connectivity index (χ4v) is 2.89. The predicted molar refractivity (Wildman–Crippen MR) is 85.4 cm³/mol. The summed E-state index contributed by atoms with van der Waals surface area (Å²) in [7, 11) is 1.68. The van der Waals surface area contributed by atoms with Gasteiger partial charge in [0, 0.05) is 13.7 Å². The number of H-pyrrole nitrogens is 1. The number of carbonyl (C=O) groups is 1. The minimum Gasteiger partial charge on any atom is -0.491 e. The Labute approximate surface area is 135 Å². The van der Waals surface area contributed by atoms with Crippen LogP contribution in [0.5, 0.6) is 5.75 Å². The molecule has 1 saturated heterocycles. The third-order valence-electron chi connectivity index (χ3n) is 4.23. The van der Waals surface area contributed by atoms with Crippen LogP contribution in [0.1, 0.15) is 23.3 Å². The second kappa shape index (κ2) is 6.83. The average Bonchev–Trinajstić information content (AvgIpc) is 3.15. The van der Waals surface area contributed by atoms with E-state index in [-0.39, 0.29) is 5.91 Å². The van der Waals surface area contributed by atoms with Crippen molar-refractivity contribution in [2.45, 2.75) is 18.4 Å². The van der Waals surface area contributed by atoms with Crippen LogP contribution in [0.2, 0.25) is 0 Å². The van der Waals surface area contributed by atoms with Crippen LogP contribution >= 0.6 is 0 Å². The summed E-state index contributed by atoms with van der Waals surface area (Å²) in [6.45, 7) is 1.64. The van der Waals surface area contributed by atoms with Crippen molar-refractivity contribution in [3.05, 3.63) is 48.5 Å². The average molecular weight is 315 g/mol. The molecule has 1 N–H and O–H groups in total. The summed E-state index contributed by atoms with van der Waals surface area (Å²) < 4.78 is 11.6. The minimum atomic E-state index is -0.482. The Morgan fingerprint density at radius 1 is 1.39 bits per heavy atom. The fraction of sp³-hybridized carbons (Fsp3) is 0.412. The van der Waals surface area contributed by atoms with Gasteiger partial charge < -0.3 is 19.4 Å². The number of hydrogen-bond acceptors (Lipinski definition) is 4. The summed E-state index contributed by atoms with van der Waals surface area (Å²) in [5.41, 5.74) is 0.0184. The summed E-state index contributed by atoms with van der Waals surface area (Å²) in [4.78, 5) is 21.1. The molecule has 1 aromatic carbocycles. The molecular weight excluding hydrogens is 294 g/mol. The summed E-state index contributed by atoms with van der Waals surface area (Å²) in [5.74, 6) is 0.754. The maximum Gasteiger partial charge on any atom is 0.272 e. The maximum atomic E-state index is 12.5. The lowest BCUT2D eigenvalue weighted by Gasteiger charge is -2.41. The van der Waals surface area contributed by atoms with E-state index in [4.69, 9.17) is 9.47 Å². The van der Waals surface area contributed by atoms with Crippen LogP contribution in [-0.2, 0) is 4.74 Å². The van der Waals surface area contributed by atoms with Gasteiger partial charge in [-0.2, -0.15) is 0 Å². The number of likely N-dealkylation sites (tertiary alicyclic amines) is 1. The zero-order valence-electron chi connectivity index (χ0n) is 13.2. The Hall–Kier alpha value is -2.34. The lowest BCUT2D eigenvalue weighted by molar-refractivity contribution is -0.0825. The third-order valence-corrected chi connectivity index (χ3v) is 4.23. The predicted octanol–water partition coefficient (Wildman–Crippen LogP) is 2.11. The Balaban J connectivity index is 1.67. The minimum absolute atomic E-state index is 0.0525. The highest BCUT2D eigenvalue weighted by Gasteiger charge is 2.38. The number of amides is 1. The van der Waals surface area contributed by atoms with Gasteiger partial charge in [-0.05, 0) is 25.0 Å². The standard InChI is InChI=1S/C17H21N3O3/c1-22-17(12-23-14-6-3-2-4-7-14)8-5-9-20(11-17)16(21)15-10-18-13-19-15/h2-4,6-7,10,13H,5,8-9,11-12H2,1H3,(H,18,19)/t17-/m0/s1. The molecule has 0 bridgehead atoms. The van der Waals surface area contributed by atoms with E-state index in [2.05, 4.69) is 9.97 Å². The highest BCUT2D eigenvalue weighted by Crippen LogP contribution is 2.27. The van der Waals surface area contributed by atoms with Crippen LogP contribution in [0, 0.1) is 0 Å². The molecule has 23 heavy (non-hydrogen) atoms. The molecule has 0 aliphatic carbocycles. The number of nitrogens with one attached hydrogen (secondary N) is 1. The molecule has 0 radical (unpaired) electrons. The normalized spacial score (nSPS) is 21.2. The number of carbonyl (C=O) groups excluding carboxylic acids is 1. The Kier molecular flexibility index (Phi) is 4.62. The van der Waals surface area contributed by atoms with E-state index in [0.29, 0.717) is 25.4 Å². The molecule has 1 aromatic heterocycles. The lowest BCUT2D eigenvalue weighted by Crippen LogP contribution is -2.54. The smallest absolute Gasteiger partial charge is 0.272 e. The molecule has 0 saturated carbocycles. The van der Waals surface area contributed by atoms with Gasteiger partial charge in [0.2, 0.25) is 0 Å². The molecule has 6 heteroatoms. The molecule has 2 heterocycles. The number of benzene rings is 1. The van der Waals surface area contributed by atoms with Crippen molar-refractivity contribution >= 4 is 5.91 Å². The van der Waals surface area contributed by atoms with Crippen molar-refractivity contribution in [2.24, 2.45) is 0 Å². The number of aromatic amines is 1. The van der Waals surface area contributed by atoms with Crippen LogP contribution in [0.25, 0.3) is 0 Å². The molecule has 1 fully saturated rings. The van der Waals surface area contributed by atoms with Crippen molar-refractivity contribution in [2.75, 3.05) is 26.8 Å². The fourth-order valence-electron chi connectivity index (χ4n) is 2.89. The van der Waals surface area contributed by atoms with Gasteiger partial charge in [0.15, 0.2) is 0 Å². The van der Waals surface area contributed by atoms with Crippen LogP contribution in [-0.4, -0.2) is 53.2 Å². The number of aromatic nitrogens is 2. The molecule has 1 amide bonds. The van der Waals surface area contributed by atoms with Crippen LogP contribution in [0.4, 0.5) is 0 Å². The van der Waals surface area contributed by atoms with Gasteiger partial charge in [-0.3, -0.25) is 4.79 Å². The number of ether oxygens (including phenoxy) is 2. The zero-order chi connectivity index (χ0) is 16.1. The number of methoxy groups -OCH3 is 1. The SMILES string of the molecule is CO[C@@]1(COc2ccccc2)CCCN(C(=O)c2cnc[nH]2)C1. The van der Waals surface area contributed by atoms with Crippen molar-refractivity contribution in [1.82, 2.24) is 14.9 Å². The van der Waals surface area contributed by atoms with E-state index in [0.717, 1.165) is 18.6 Å². The first-order valence-corrected chi connectivity index (χ1v) is 7.73. The molecule has 1 atom stereocenters. The second-order valence-corrected chi connectivity index (χ2v) is 5.78. The first kappa shape index (κ1) is 15.6. The molecule has 2 aromatic rings. The second-order valence-electron chi connectivity index (χ2n) is 5.78. The molecule has 0 spiro atoms. The summed E-state index contributed by atoms with van der Waals surface area (Å²) in [6.07, 6.45) is 4.81. The molecule has 3 rings (SSSR count). The molecule has 1 aliphatic heterocycles. The van der Waals surface area contributed by atoms with Crippen molar-refractivity contribution in [3.63, 3.8) is 0 Å². The van der Waals surface area contributed by atoms with Crippen molar-refractivity contribution in [3.8, 4) is 5.75 Å². The Morgan fingerprint density at radius 3 is 2.91 bits per heavy atom. The summed E-state index contributed by atoms with van der Waals surface area (Å²) >= 11 is 0. The van der Waals surface area contributed by atoms with Gasteiger partial charge in [-0.25, -0.2) is 4.98 Å². The van der Waals surface area contributed by atoms with E-state index >= 15 is 0 Å². The highest BCUT2D eigenvalue weighted by molar-refractivity contribution is 5.92. The van der Waals surface area contributed by atoms with Crippen molar-refractivity contribution in [1.29, 1.82) is 0 Å². The molecular formula is C17H21N3O3. The number of hydrogen-bond donors (Lipinski definition) is 1.